The van der Waals surface area contributed by atoms with E-state index in [0.717, 1.165) is 28.8 Å². The molecule has 0 fully saturated rings. The van der Waals surface area contributed by atoms with Gasteiger partial charge >= 0.3 is 0 Å². The first-order valence-corrected chi connectivity index (χ1v) is 9.31. The zero-order chi connectivity index (χ0) is 16.8. The van der Waals surface area contributed by atoms with Crippen LogP contribution in [-0.2, 0) is 22.1 Å². The van der Waals surface area contributed by atoms with E-state index in [4.69, 9.17) is 0 Å². The fourth-order valence-corrected chi connectivity index (χ4v) is 4.67. The molecule has 4 rings (SSSR count). The number of nitrogens with one attached hydrogen (secondary N) is 2. The lowest BCUT2D eigenvalue weighted by Gasteiger charge is -2.32. The first-order valence-electron chi connectivity index (χ1n) is 7.70. The van der Waals surface area contributed by atoms with Gasteiger partial charge in [0, 0.05) is 18.0 Å². The van der Waals surface area contributed by atoms with Crippen molar-refractivity contribution in [1.82, 2.24) is 15.8 Å². The molecule has 2 heterocycles. The third-order valence-electron chi connectivity index (χ3n) is 4.72. The normalized spacial score (nSPS) is 22.7. The molecular weight excluding hydrogens is 326 g/mol. The average molecular weight is 343 g/mol. The summed E-state index contributed by atoms with van der Waals surface area (Å²) < 4.78 is 33.0. The van der Waals surface area contributed by atoms with Gasteiger partial charge in [-0.2, -0.15) is 8.42 Å². The fourth-order valence-electron chi connectivity index (χ4n) is 3.71. The summed E-state index contributed by atoms with van der Waals surface area (Å²) in [5, 5.41) is 0. The largest absolute Gasteiger partial charge is 0.320 e. The van der Waals surface area contributed by atoms with Gasteiger partial charge < -0.3 is 5.43 Å². The molecule has 0 bridgehead atoms. The molecule has 1 aromatic heterocycles. The van der Waals surface area contributed by atoms with E-state index in [9.17, 15) is 13.0 Å². The Morgan fingerprint density at radius 2 is 1.88 bits per heavy atom. The minimum absolute atomic E-state index is 0.433. The number of rotatable bonds is 3. The molecule has 6 nitrogen and oxygen atoms in total. The summed E-state index contributed by atoms with van der Waals surface area (Å²) in [6.07, 6.45) is 4.79. The number of nitrogens with zero attached hydrogens (tertiary/aromatic N) is 1. The molecule has 0 spiro atoms. The maximum Gasteiger partial charge on any atom is 0.267 e. The predicted octanol–water partition coefficient (Wildman–Crippen LogP) is 1.63. The van der Waals surface area contributed by atoms with Crippen molar-refractivity contribution in [1.29, 1.82) is 0 Å². The van der Waals surface area contributed by atoms with Gasteiger partial charge in [-0.1, -0.05) is 24.3 Å². The smallest absolute Gasteiger partial charge is 0.267 e. The van der Waals surface area contributed by atoms with Crippen molar-refractivity contribution >= 4 is 15.8 Å². The molecule has 24 heavy (non-hydrogen) atoms. The third-order valence-corrected chi connectivity index (χ3v) is 5.52. The molecule has 2 aromatic rings. The van der Waals surface area contributed by atoms with E-state index in [2.05, 4.69) is 21.9 Å². The number of hydrogen-bond donors (Lipinski definition) is 3. The zero-order valence-electron chi connectivity index (χ0n) is 12.9. The monoisotopic (exact) mass is 343 g/mol. The van der Waals surface area contributed by atoms with Crippen LogP contribution in [0.4, 0.5) is 0 Å². The average Bonchev–Trinajstić information content (AvgIpc) is 2.94. The Morgan fingerprint density at radius 3 is 2.62 bits per heavy atom. The lowest BCUT2D eigenvalue weighted by atomic mass is 9.78. The SMILES string of the molecule is O=S(=O)(O)CC1(c2ccncc2)NNC2=C1CCc1ccccc12. The Kier molecular flexibility index (Phi) is 3.45. The molecule has 1 unspecified atom stereocenters. The Hall–Kier alpha value is -2.22. The molecule has 2 aliphatic rings. The zero-order valence-corrected chi connectivity index (χ0v) is 13.7. The first-order chi connectivity index (χ1) is 11.5. The van der Waals surface area contributed by atoms with Crippen molar-refractivity contribution in [2.45, 2.75) is 18.4 Å². The minimum Gasteiger partial charge on any atom is -0.320 e. The van der Waals surface area contributed by atoms with Crippen molar-refractivity contribution < 1.29 is 13.0 Å². The highest BCUT2D eigenvalue weighted by Crippen LogP contribution is 2.44. The Bertz CT molecular complexity index is 925. The van der Waals surface area contributed by atoms with Gasteiger partial charge in [-0.3, -0.25) is 9.54 Å². The number of hydrazine groups is 1. The quantitative estimate of drug-likeness (QED) is 0.734. The van der Waals surface area contributed by atoms with Gasteiger partial charge in [0.1, 0.15) is 11.3 Å². The van der Waals surface area contributed by atoms with E-state index in [1.165, 1.54) is 5.56 Å². The van der Waals surface area contributed by atoms with Crippen LogP contribution in [0, 0.1) is 0 Å². The second-order valence-corrected chi connectivity index (χ2v) is 7.58. The van der Waals surface area contributed by atoms with Crippen LogP contribution in [0.2, 0.25) is 0 Å². The van der Waals surface area contributed by atoms with Gasteiger partial charge in [0.15, 0.2) is 0 Å². The van der Waals surface area contributed by atoms with E-state index >= 15 is 0 Å². The number of fused-ring (bicyclic) bond motifs is 2. The molecule has 1 aromatic carbocycles. The molecule has 1 aliphatic carbocycles. The van der Waals surface area contributed by atoms with Crippen LogP contribution >= 0.6 is 0 Å². The molecule has 7 heteroatoms. The standard InChI is InChI=1S/C17H17N3O3S/c21-24(22,23)11-17(13-7-9-18-10-8-13)15-6-5-12-3-1-2-4-14(12)16(15)19-20-17/h1-4,7-10,19-20H,5-6,11H2,(H,21,22,23). The summed E-state index contributed by atoms with van der Waals surface area (Å²) >= 11 is 0. The summed E-state index contributed by atoms with van der Waals surface area (Å²) in [5.74, 6) is -0.433. The molecular formula is C17H17N3O3S. The van der Waals surface area contributed by atoms with Crippen LogP contribution in [0.3, 0.4) is 0 Å². The van der Waals surface area contributed by atoms with Gasteiger partial charge in [-0.25, -0.2) is 5.43 Å². The van der Waals surface area contributed by atoms with Crippen molar-refractivity contribution in [2.24, 2.45) is 0 Å². The van der Waals surface area contributed by atoms with E-state index in [0.29, 0.717) is 6.42 Å². The Labute approximate surface area is 140 Å². The van der Waals surface area contributed by atoms with E-state index in [-0.39, 0.29) is 0 Å². The number of pyridine rings is 1. The van der Waals surface area contributed by atoms with Crippen LogP contribution in [0.1, 0.15) is 23.1 Å². The van der Waals surface area contributed by atoms with Gasteiger partial charge in [0.05, 0.1) is 5.70 Å². The molecule has 3 N–H and O–H groups in total. The number of benzene rings is 1. The third kappa shape index (κ3) is 2.41. The maximum atomic E-state index is 11.7. The van der Waals surface area contributed by atoms with Crippen molar-refractivity contribution in [3.63, 3.8) is 0 Å². The molecule has 0 saturated heterocycles. The summed E-state index contributed by atoms with van der Waals surface area (Å²) in [4.78, 5) is 4.01. The van der Waals surface area contributed by atoms with Gasteiger partial charge in [0.25, 0.3) is 10.1 Å². The van der Waals surface area contributed by atoms with Gasteiger partial charge in [0.2, 0.25) is 0 Å². The van der Waals surface area contributed by atoms with Crippen LogP contribution in [0.15, 0.2) is 54.4 Å². The number of aromatic nitrogens is 1. The second kappa shape index (κ2) is 5.41. The van der Waals surface area contributed by atoms with E-state index < -0.39 is 21.4 Å². The van der Waals surface area contributed by atoms with E-state index in [1.54, 1.807) is 24.5 Å². The maximum absolute atomic E-state index is 11.7. The van der Waals surface area contributed by atoms with Crippen molar-refractivity contribution in [2.75, 3.05) is 5.75 Å². The van der Waals surface area contributed by atoms with Crippen LogP contribution in [-0.4, -0.2) is 23.7 Å². The summed E-state index contributed by atoms with van der Waals surface area (Å²) in [6.45, 7) is 0. The second-order valence-electron chi connectivity index (χ2n) is 6.13. The topological polar surface area (TPSA) is 91.3 Å². The lowest BCUT2D eigenvalue weighted by Crippen LogP contribution is -2.49. The fraction of sp³-hybridized carbons (Fsp3) is 0.235. The van der Waals surface area contributed by atoms with Gasteiger partial charge in [-0.15, -0.1) is 0 Å². The number of hydrogen-bond acceptors (Lipinski definition) is 5. The number of aryl methyl sites for hydroxylation is 1. The molecule has 1 aliphatic heterocycles. The predicted molar refractivity (Wildman–Crippen MR) is 90.3 cm³/mol. The molecule has 1 atom stereocenters. The van der Waals surface area contributed by atoms with Crippen molar-refractivity contribution in [3.8, 4) is 0 Å². The van der Waals surface area contributed by atoms with E-state index in [1.807, 2.05) is 18.2 Å². The minimum atomic E-state index is -4.20. The lowest BCUT2D eigenvalue weighted by molar-refractivity contribution is 0.403. The summed E-state index contributed by atoms with van der Waals surface area (Å²) in [7, 11) is -4.20. The Morgan fingerprint density at radius 1 is 1.12 bits per heavy atom. The van der Waals surface area contributed by atoms with Crippen LogP contribution < -0.4 is 10.9 Å². The molecule has 0 amide bonds. The first kappa shape index (κ1) is 15.3. The molecule has 0 radical (unpaired) electrons. The highest BCUT2D eigenvalue weighted by atomic mass is 32.2. The summed E-state index contributed by atoms with van der Waals surface area (Å²) in [6, 6.07) is 11.6. The van der Waals surface area contributed by atoms with Crippen LogP contribution in [0.25, 0.3) is 5.70 Å². The summed E-state index contributed by atoms with van der Waals surface area (Å²) in [5.41, 5.74) is 10.2. The van der Waals surface area contributed by atoms with Crippen molar-refractivity contribution in [3.05, 3.63) is 71.1 Å². The highest BCUT2D eigenvalue weighted by molar-refractivity contribution is 7.85. The van der Waals surface area contributed by atoms with Gasteiger partial charge in [-0.05, 0) is 41.7 Å². The Balaban J connectivity index is 1.92. The van der Waals surface area contributed by atoms with Crippen LogP contribution in [0.5, 0.6) is 0 Å². The highest BCUT2D eigenvalue weighted by Gasteiger charge is 2.46. The molecule has 124 valence electrons. The molecule has 0 saturated carbocycles.